The molecule has 1 fully saturated rings. The maximum absolute atomic E-state index is 12.2. The lowest BCUT2D eigenvalue weighted by Crippen LogP contribution is -2.36. The van der Waals surface area contributed by atoms with Gasteiger partial charge in [-0.05, 0) is 70.2 Å². The highest BCUT2D eigenvalue weighted by molar-refractivity contribution is 14.1. The summed E-state index contributed by atoms with van der Waals surface area (Å²) in [4.78, 5) is 12.2. The number of rotatable bonds is 2. The first-order valence-corrected chi connectivity index (χ1v) is 8.29. The van der Waals surface area contributed by atoms with Crippen LogP contribution >= 0.6 is 45.2 Å². The third-order valence-corrected chi connectivity index (χ3v) is 4.79. The molecule has 1 aliphatic rings. The van der Waals surface area contributed by atoms with Crippen LogP contribution in [0.4, 0.5) is 5.69 Å². The van der Waals surface area contributed by atoms with Crippen LogP contribution in [0, 0.1) is 7.14 Å². The van der Waals surface area contributed by atoms with Gasteiger partial charge in [0, 0.05) is 13.2 Å². The molecule has 3 N–H and O–H groups in total. The number of amides is 1. The number of hydrogen-bond donors (Lipinski definition) is 2. The Balaban J connectivity index is 2.13. The molecule has 0 spiro atoms. The number of nitrogens with two attached hydrogens (primary N) is 1. The molecule has 1 aliphatic carbocycles. The van der Waals surface area contributed by atoms with E-state index in [2.05, 4.69) is 50.5 Å². The van der Waals surface area contributed by atoms with Crippen LogP contribution in [0.2, 0.25) is 0 Å². The Kier molecular flexibility index (Phi) is 5.11. The van der Waals surface area contributed by atoms with Crippen LogP contribution in [-0.2, 0) is 0 Å². The van der Waals surface area contributed by atoms with Gasteiger partial charge in [0.25, 0.3) is 5.91 Å². The number of benzene rings is 1. The predicted octanol–water partition coefficient (Wildman–Crippen LogP) is 3.54. The minimum atomic E-state index is -0.0316. The molecule has 0 unspecified atom stereocenters. The number of anilines is 1. The molecule has 0 aliphatic heterocycles. The van der Waals surface area contributed by atoms with Gasteiger partial charge in [0.05, 0.1) is 11.3 Å². The lowest BCUT2D eigenvalue weighted by molar-refractivity contribution is 0.0928. The number of nitrogen functional groups attached to an aromatic ring is 1. The molecule has 98 valence electrons. The summed E-state index contributed by atoms with van der Waals surface area (Å²) in [5, 5.41) is 3.10. The SMILES string of the molecule is Nc1c(I)cc(I)cc1C(=O)NC1CCCCC1. The lowest BCUT2D eigenvalue weighted by atomic mass is 9.95. The van der Waals surface area contributed by atoms with Crippen molar-refractivity contribution in [3.05, 3.63) is 24.8 Å². The molecule has 18 heavy (non-hydrogen) atoms. The van der Waals surface area contributed by atoms with Crippen LogP contribution in [-0.4, -0.2) is 11.9 Å². The fourth-order valence-corrected chi connectivity index (χ4v) is 4.13. The third-order valence-electron chi connectivity index (χ3n) is 3.28. The molecule has 0 aromatic heterocycles. The normalized spacial score (nSPS) is 16.6. The summed E-state index contributed by atoms with van der Waals surface area (Å²) in [6.07, 6.45) is 5.89. The molecule has 1 aromatic rings. The van der Waals surface area contributed by atoms with Crippen LogP contribution < -0.4 is 11.1 Å². The molecular formula is C13H16I2N2O. The molecule has 1 amide bonds. The van der Waals surface area contributed by atoms with Crippen LogP contribution in [0.5, 0.6) is 0 Å². The molecular weight excluding hydrogens is 454 g/mol. The number of nitrogens with one attached hydrogen (secondary N) is 1. The van der Waals surface area contributed by atoms with E-state index < -0.39 is 0 Å². The van der Waals surface area contributed by atoms with Crippen molar-refractivity contribution in [3.8, 4) is 0 Å². The Morgan fingerprint density at radius 1 is 1.22 bits per heavy atom. The van der Waals surface area contributed by atoms with Crippen LogP contribution in [0.1, 0.15) is 42.5 Å². The minimum Gasteiger partial charge on any atom is -0.397 e. The summed E-state index contributed by atoms with van der Waals surface area (Å²) < 4.78 is 1.98. The molecule has 0 heterocycles. The zero-order valence-corrected chi connectivity index (χ0v) is 14.3. The van der Waals surface area contributed by atoms with Crippen molar-refractivity contribution in [2.75, 3.05) is 5.73 Å². The number of carbonyl (C=O) groups excluding carboxylic acids is 1. The highest BCUT2D eigenvalue weighted by Crippen LogP contribution is 2.24. The van der Waals surface area contributed by atoms with Gasteiger partial charge in [-0.3, -0.25) is 4.79 Å². The summed E-state index contributed by atoms with van der Waals surface area (Å²) in [7, 11) is 0. The van der Waals surface area contributed by atoms with Gasteiger partial charge in [-0.1, -0.05) is 19.3 Å². The van der Waals surface area contributed by atoms with Crippen molar-refractivity contribution in [1.29, 1.82) is 0 Å². The maximum Gasteiger partial charge on any atom is 0.253 e. The predicted molar refractivity (Wildman–Crippen MR) is 90.6 cm³/mol. The monoisotopic (exact) mass is 470 g/mol. The highest BCUT2D eigenvalue weighted by Gasteiger charge is 2.19. The smallest absolute Gasteiger partial charge is 0.253 e. The zero-order chi connectivity index (χ0) is 13.1. The van der Waals surface area contributed by atoms with Gasteiger partial charge in [-0.15, -0.1) is 0 Å². The molecule has 3 nitrogen and oxygen atoms in total. The number of halogens is 2. The number of hydrogen-bond acceptors (Lipinski definition) is 2. The van der Waals surface area contributed by atoms with Crippen molar-refractivity contribution in [2.45, 2.75) is 38.1 Å². The Bertz CT molecular complexity index is 457. The third kappa shape index (κ3) is 3.49. The molecule has 2 rings (SSSR count). The summed E-state index contributed by atoms with van der Waals surface area (Å²) in [6.45, 7) is 0. The van der Waals surface area contributed by atoms with Crippen LogP contribution in [0.25, 0.3) is 0 Å². The van der Waals surface area contributed by atoms with E-state index in [1.165, 1.54) is 19.3 Å². The van der Waals surface area contributed by atoms with Crippen molar-refractivity contribution >= 4 is 56.8 Å². The standard InChI is InChI=1S/C13H16I2N2O/c14-8-6-10(12(16)11(15)7-8)13(18)17-9-4-2-1-3-5-9/h6-7,9H,1-5,16H2,(H,17,18). The van der Waals surface area contributed by atoms with Gasteiger partial charge in [-0.2, -0.15) is 0 Å². The van der Waals surface area contributed by atoms with Crippen LogP contribution in [0.3, 0.4) is 0 Å². The largest absolute Gasteiger partial charge is 0.397 e. The first-order chi connectivity index (χ1) is 8.58. The molecule has 0 bridgehead atoms. The fraction of sp³-hybridized carbons (Fsp3) is 0.462. The van der Waals surface area contributed by atoms with Gasteiger partial charge in [-0.25, -0.2) is 0 Å². The first kappa shape index (κ1) is 14.4. The van der Waals surface area contributed by atoms with Crippen molar-refractivity contribution in [2.24, 2.45) is 0 Å². The maximum atomic E-state index is 12.2. The van der Waals surface area contributed by atoms with Gasteiger partial charge in [0.2, 0.25) is 0 Å². The van der Waals surface area contributed by atoms with E-state index in [0.29, 0.717) is 17.3 Å². The summed E-state index contributed by atoms with van der Waals surface area (Å²) in [5.41, 5.74) is 7.18. The van der Waals surface area contributed by atoms with Crippen molar-refractivity contribution in [3.63, 3.8) is 0 Å². The molecule has 0 radical (unpaired) electrons. The second kappa shape index (κ2) is 6.40. The molecule has 1 aromatic carbocycles. The Morgan fingerprint density at radius 3 is 2.56 bits per heavy atom. The molecule has 0 saturated heterocycles. The summed E-state index contributed by atoms with van der Waals surface area (Å²) >= 11 is 4.38. The van der Waals surface area contributed by atoms with E-state index in [9.17, 15) is 4.79 Å². The molecule has 1 saturated carbocycles. The van der Waals surface area contributed by atoms with Crippen molar-refractivity contribution in [1.82, 2.24) is 5.32 Å². The summed E-state index contributed by atoms with van der Waals surface area (Å²) in [6, 6.07) is 4.16. The quantitative estimate of drug-likeness (QED) is 0.514. The van der Waals surface area contributed by atoms with Crippen LogP contribution in [0.15, 0.2) is 12.1 Å². The Morgan fingerprint density at radius 2 is 1.89 bits per heavy atom. The molecule has 0 atom stereocenters. The zero-order valence-electron chi connectivity index (χ0n) is 10.0. The van der Waals surface area contributed by atoms with Crippen molar-refractivity contribution < 1.29 is 4.79 Å². The fourth-order valence-electron chi connectivity index (χ4n) is 2.28. The van der Waals surface area contributed by atoms with Gasteiger partial charge < -0.3 is 11.1 Å². The average molecular weight is 470 g/mol. The summed E-state index contributed by atoms with van der Waals surface area (Å²) in [5.74, 6) is -0.0316. The lowest BCUT2D eigenvalue weighted by Gasteiger charge is -2.23. The second-order valence-electron chi connectivity index (χ2n) is 4.66. The Labute approximate surface area is 135 Å². The van der Waals surface area contributed by atoms with E-state index in [1.807, 2.05) is 12.1 Å². The van der Waals surface area contributed by atoms with E-state index in [1.54, 1.807) is 0 Å². The van der Waals surface area contributed by atoms with E-state index >= 15 is 0 Å². The second-order valence-corrected chi connectivity index (χ2v) is 7.07. The van der Waals surface area contributed by atoms with Gasteiger partial charge in [0.1, 0.15) is 0 Å². The highest BCUT2D eigenvalue weighted by atomic mass is 127. The average Bonchev–Trinajstić information content (AvgIpc) is 2.35. The first-order valence-electron chi connectivity index (χ1n) is 6.13. The molecule has 5 heteroatoms. The van der Waals surface area contributed by atoms with Gasteiger partial charge in [0.15, 0.2) is 0 Å². The topological polar surface area (TPSA) is 55.1 Å². The van der Waals surface area contributed by atoms with Gasteiger partial charge >= 0.3 is 0 Å². The van der Waals surface area contributed by atoms with E-state index in [0.717, 1.165) is 20.0 Å². The number of carbonyl (C=O) groups is 1. The minimum absolute atomic E-state index is 0.0316. The van der Waals surface area contributed by atoms with E-state index in [4.69, 9.17) is 5.73 Å². The Hall–Kier alpha value is -0.0500. The van der Waals surface area contributed by atoms with E-state index in [-0.39, 0.29) is 5.91 Å².